The zero-order chi connectivity index (χ0) is 14.9. The molecule has 2 N–H and O–H groups in total. The van der Waals surface area contributed by atoms with E-state index < -0.39 is 12.6 Å². The van der Waals surface area contributed by atoms with Crippen molar-refractivity contribution in [3.8, 4) is 0 Å². The van der Waals surface area contributed by atoms with E-state index in [9.17, 15) is 13.2 Å². The van der Waals surface area contributed by atoms with Gasteiger partial charge in [0.05, 0.1) is 6.42 Å². The number of hydrogen-bond donors (Lipinski definition) is 2. The number of halogens is 3. The molecule has 0 radical (unpaired) electrons. The summed E-state index contributed by atoms with van der Waals surface area (Å²) < 4.78 is 36.0. The maximum atomic E-state index is 12.0. The van der Waals surface area contributed by atoms with Gasteiger partial charge in [-0.2, -0.15) is 13.2 Å². The molecule has 0 rings (SSSR count). The first-order valence-corrected chi connectivity index (χ1v) is 6.59. The summed E-state index contributed by atoms with van der Waals surface area (Å²) in [6, 6.07) is 0.302. The molecule has 0 aliphatic rings. The molecule has 0 aliphatic carbocycles. The number of aliphatic imine (C=N–C) groups is 1. The van der Waals surface area contributed by atoms with Crippen LogP contribution in [0.1, 0.15) is 27.2 Å². The Labute approximate surface area is 113 Å². The third-order valence-electron chi connectivity index (χ3n) is 2.93. The average Bonchev–Trinajstić information content (AvgIpc) is 2.33. The Hall–Kier alpha value is -0.980. The van der Waals surface area contributed by atoms with Crippen molar-refractivity contribution in [2.75, 3.05) is 33.2 Å². The first-order valence-electron chi connectivity index (χ1n) is 6.59. The summed E-state index contributed by atoms with van der Waals surface area (Å²) in [5.41, 5.74) is 0. The van der Waals surface area contributed by atoms with Crippen molar-refractivity contribution in [3.05, 3.63) is 0 Å². The molecule has 0 fully saturated rings. The van der Waals surface area contributed by atoms with Gasteiger partial charge in [-0.3, -0.25) is 9.89 Å². The normalized spacial score (nSPS) is 14.6. The van der Waals surface area contributed by atoms with Crippen LogP contribution in [-0.4, -0.2) is 56.3 Å². The minimum Gasteiger partial charge on any atom is -0.356 e. The maximum Gasteiger partial charge on any atom is 0.390 e. The number of nitrogens with zero attached hydrogens (tertiary/aromatic N) is 2. The van der Waals surface area contributed by atoms with Crippen LogP contribution in [0.2, 0.25) is 0 Å². The molecule has 1 unspecified atom stereocenters. The molecule has 0 aliphatic heterocycles. The zero-order valence-electron chi connectivity index (χ0n) is 12.1. The van der Waals surface area contributed by atoms with Crippen molar-refractivity contribution in [1.29, 1.82) is 0 Å². The van der Waals surface area contributed by atoms with Gasteiger partial charge in [-0.05, 0) is 20.0 Å². The summed E-state index contributed by atoms with van der Waals surface area (Å²) >= 11 is 0. The summed E-state index contributed by atoms with van der Waals surface area (Å²) in [7, 11) is 1.55. The van der Waals surface area contributed by atoms with Gasteiger partial charge in [-0.1, -0.05) is 13.8 Å². The van der Waals surface area contributed by atoms with Crippen LogP contribution in [0.4, 0.5) is 13.2 Å². The van der Waals surface area contributed by atoms with E-state index >= 15 is 0 Å². The lowest BCUT2D eigenvalue weighted by Crippen LogP contribution is -2.46. The van der Waals surface area contributed by atoms with Crippen LogP contribution in [0.3, 0.4) is 0 Å². The maximum absolute atomic E-state index is 12.0. The molecule has 0 amide bonds. The van der Waals surface area contributed by atoms with E-state index in [4.69, 9.17) is 0 Å². The largest absolute Gasteiger partial charge is 0.390 e. The molecule has 0 aromatic carbocycles. The molecule has 0 aromatic heterocycles. The smallest absolute Gasteiger partial charge is 0.356 e. The van der Waals surface area contributed by atoms with Crippen LogP contribution in [0.15, 0.2) is 4.99 Å². The molecule has 0 spiro atoms. The second-order valence-corrected chi connectivity index (χ2v) is 4.32. The van der Waals surface area contributed by atoms with Crippen molar-refractivity contribution in [3.63, 3.8) is 0 Å². The molecule has 0 heterocycles. The highest BCUT2D eigenvalue weighted by Gasteiger charge is 2.26. The number of rotatable bonds is 7. The van der Waals surface area contributed by atoms with Gasteiger partial charge in [0.1, 0.15) is 0 Å². The lowest BCUT2D eigenvalue weighted by atomic mass is 10.3. The SMILES string of the molecule is CCN(CC)C(C)CNC(=NC)NCCC(F)(F)F. The quantitative estimate of drug-likeness (QED) is 0.553. The van der Waals surface area contributed by atoms with E-state index in [1.807, 2.05) is 0 Å². The lowest BCUT2D eigenvalue weighted by Gasteiger charge is -2.27. The number of hydrogen-bond acceptors (Lipinski definition) is 2. The fraction of sp³-hybridized carbons (Fsp3) is 0.917. The lowest BCUT2D eigenvalue weighted by molar-refractivity contribution is -0.132. The zero-order valence-corrected chi connectivity index (χ0v) is 12.1. The van der Waals surface area contributed by atoms with E-state index in [1.54, 1.807) is 7.05 Å². The summed E-state index contributed by atoms with van der Waals surface area (Å²) in [5.74, 6) is 0.406. The van der Waals surface area contributed by atoms with E-state index in [0.717, 1.165) is 13.1 Å². The molecule has 4 nitrogen and oxygen atoms in total. The van der Waals surface area contributed by atoms with E-state index in [2.05, 4.69) is 41.3 Å². The number of alkyl halides is 3. The van der Waals surface area contributed by atoms with Crippen molar-refractivity contribution in [2.45, 2.75) is 39.4 Å². The second kappa shape index (κ2) is 9.01. The minimum atomic E-state index is -4.14. The molecule has 0 aromatic rings. The van der Waals surface area contributed by atoms with E-state index in [1.165, 1.54) is 0 Å². The minimum absolute atomic E-state index is 0.164. The molecule has 1 atom stereocenters. The number of nitrogens with one attached hydrogen (secondary N) is 2. The Kier molecular flexibility index (Phi) is 8.54. The Morgan fingerprint density at radius 1 is 1.21 bits per heavy atom. The molecular formula is C12H25F3N4. The first kappa shape index (κ1) is 18.0. The standard InChI is InChI=1S/C12H25F3N4/c1-5-19(6-2)10(3)9-18-11(16-4)17-8-7-12(13,14)15/h10H,5-9H2,1-4H3,(H2,16,17,18). The molecule has 19 heavy (non-hydrogen) atoms. The summed E-state index contributed by atoms with van der Waals surface area (Å²) in [6.45, 7) is 8.60. The fourth-order valence-corrected chi connectivity index (χ4v) is 1.76. The Bertz CT molecular complexity index is 262. The number of likely N-dealkylation sites (N-methyl/N-ethyl adjacent to an activating group) is 1. The van der Waals surface area contributed by atoms with Crippen LogP contribution in [0, 0.1) is 0 Å². The van der Waals surface area contributed by atoms with Gasteiger partial charge < -0.3 is 10.6 Å². The van der Waals surface area contributed by atoms with Gasteiger partial charge in [0.2, 0.25) is 0 Å². The molecule has 0 bridgehead atoms. The summed E-state index contributed by atoms with van der Waals surface area (Å²) in [4.78, 5) is 6.16. The predicted molar refractivity (Wildman–Crippen MR) is 72.4 cm³/mol. The molecule has 7 heteroatoms. The van der Waals surface area contributed by atoms with Crippen molar-refractivity contribution in [1.82, 2.24) is 15.5 Å². The Balaban J connectivity index is 4.01. The van der Waals surface area contributed by atoms with Crippen molar-refractivity contribution in [2.24, 2.45) is 4.99 Å². The third kappa shape index (κ3) is 8.69. The van der Waals surface area contributed by atoms with Gasteiger partial charge in [0.15, 0.2) is 5.96 Å². The predicted octanol–water partition coefficient (Wildman–Crippen LogP) is 1.83. The molecular weight excluding hydrogens is 257 g/mol. The fourth-order valence-electron chi connectivity index (χ4n) is 1.76. The third-order valence-corrected chi connectivity index (χ3v) is 2.93. The van der Waals surface area contributed by atoms with Crippen LogP contribution in [0.5, 0.6) is 0 Å². The molecule has 0 saturated heterocycles. The topological polar surface area (TPSA) is 39.7 Å². The molecule has 114 valence electrons. The van der Waals surface area contributed by atoms with E-state index in [0.29, 0.717) is 18.5 Å². The summed E-state index contributed by atoms with van der Waals surface area (Å²) in [5, 5.41) is 5.69. The molecule has 0 saturated carbocycles. The highest BCUT2D eigenvalue weighted by Crippen LogP contribution is 2.17. The van der Waals surface area contributed by atoms with Gasteiger partial charge in [-0.25, -0.2) is 0 Å². The Morgan fingerprint density at radius 2 is 1.79 bits per heavy atom. The van der Waals surface area contributed by atoms with Crippen molar-refractivity contribution >= 4 is 5.96 Å². The monoisotopic (exact) mass is 282 g/mol. The highest BCUT2D eigenvalue weighted by molar-refractivity contribution is 5.79. The highest BCUT2D eigenvalue weighted by atomic mass is 19.4. The van der Waals surface area contributed by atoms with E-state index in [-0.39, 0.29) is 6.54 Å². The van der Waals surface area contributed by atoms with Gasteiger partial charge in [0, 0.05) is 26.2 Å². The van der Waals surface area contributed by atoms with Gasteiger partial charge >= 0.3 is 6.18 Å². The van der Waals surface area contributed by atoms with Crippen LogP contribution in [0.25, 0.3) is 0 Å². The number of guanidine groups is 1. The van der Waals surface area contributed by atoms with Crippen LogP contribution >= 0.6 is 0 Å². The van der Waals surface area contributed by atoms with Crippen LogP contribution < -0.4 is 10.6 Å². The first-order chi connectivity index (χ1) is 8.84. The average molecular weight is 282 g/mol. The van der Waals surface area contributed by atoms with Crippen molar-refractivity contribution < 1.29 is 13.2 Å². The Morgan fingerprint density at radius 3 is 2.21 bits per heavy atom. The van der Waals surface area contributed by atoms with Gasteiger partial charge in [0.25, 0.3) is 0 Å². The van der Waals surface area contributed by atoms with Gasteiger partial charge in [-0.15, -0.1) is 0 Å². The summed E-state index contributed by atoms with van der Waals surface area (Å²) in [6.07, 6.45) is -5.00. The van der Waals surface area contributed by atoms with Crippen LogP contribution in [-0.2, 0) is 0 Å². The second-order valence-electron chi connectivity index (χ2n) is 4.32.